The maximum absolute atomic E-state index is 14.2. The minimum Gasteiger partial charge on any atom is -0.305 e. The smallest absolute Gasteiger partial charge is 0.305 e. The number of sulfonamides is 1. The highest BCUT2D eigenvalue weighted by Gasteiger charge is 2.31. The molecule has 108 valence electrons. The summed E-state index contributed by atoms with van der Waals surface area (Å²) in [6, 6.07) is 7.56. The van der Waals surface area contributed by atoms with Crippen molar-refractivity contribution in [3.05, 3.63) is 47.2 Å². The fourth-order valence-corrected chi connectivity index (χ4v) is 3.45. The second kappa shape index (κ2) is 4.71. The van der Waals surface area contributed by atoms with Crippen molar-refractivity contribution >= 4 is 33.3 Å². The molecule has 0 saturated heterocycles. The van der Waals surface area contributed by atoms with E-state index in [1.165, 1.54) is 0 Å². The lowest BCUT2D eigenvalue weighted by atomic mass is 10.0. The number of hydrogen-bond acceptors (Lipinski definition) is 3. The van der Waals surface area contributed by atoms with Crippen molar-refractivity contribution < 1.29 is 17.6 Å². The van der Waals surface area contributed by atoms with Gasteiger partial charge in [0.1, 0.15) is 10.7 Å². The van der Waals surface area contributed by atoms with E-state index < -0.39 is 21.9 Å². The van der Waals surface area contributed by atoms with Crippen LogP contribution in [0.25, 0.3) is 11.1 Å². The lowest BCUT2D eigenvalue weighted by molar-refractivity contribution is 0.256. The van der Waals surface area contributed by atoms with Gasteiger partial charge in [-0.1, -0.05) is 29.8 Å². The van der Waals surface area contributed by atoms with E-state index in [1.807, 2.05) is 0 Å². The molecule has 8 heteroatoms. The summed E-state index contributed by atoms with van der Waals surface area (Å²) in [5.74, 6) is -0.681. The number of fused-ring (bicyclic) bond motifs is 1. The zero-order chi connectivity index (χ0) is 15.2. The summed E-state index contributed by atoms with van der Waals surface area (Å²) < 4.78 is 39.9. The largest absolute Gasteiger partial charge is 0.333 e. The van der Waals surface area contributed by atoms with Gasteiger partial charge >= 0.3 is 6.03 Å². The molecule has 2 aromatic carbocycles. The highest BCUT2D eigenvalue weighted by atomic mass is 35.5. The second-order valence-electron chi connectivity index (χ2n) is 4.33. The number of amides is 2. The summed E-state index contributed by atoms with van der Waals surface area (Å²) in [7, 11) is -4.02. The number of nitrogens with one attached hydrogen (secondary N) is 2. The molecule has 3 rings (SSSR count). The molecular formula is C13H8ClFN2O3S. The van der Waals surface area contributed by atoms with Gasteiger partial charge in [-0.25, -0.2) is 22.3 Å². The zero-order valence-corrected chi connectivity index (χ0v) is 11.9. The van der Waals surface area contributed by atoms with Crippen LogP contribution in [0.3, 0.4) is 0 Å². The van der Waals surface area contributed by atoms with Crippen molar-refractivity contribution in [2.24, 2.45) is 0 Å². The average Bonchev–Trinajstić information content (AvgIpc) is 2.38. The van der Waals surface area contributed by atoms with E-state index in [0.29, 0.717) is 5.56 Å². The van der Waals surface area contributed by atoms with Crippen molar-refractivity contribution in [3.8, 4) is 11.1 Å². The number of rotatable bonds is 1. The molecule has 0 bridgehead atoms. The van der Waals surface area contributed by atoms with Crippen LogP contribution < -0.4 is 10.0 Å². The molecule has 0 fully saturated rings. The molecule has 1 aliphatic rings. The number of anilines is 1. The zero-order valence-electron chi connectivity index (χ0n) is 10.4. The Labute approximate surface area is 124 Å². The van der Waals surface area contributed by atoms with E-state index in [2.05, 4.69) is 5.32 Å². The third-order valence-corrected chi connectivity index (χ3v) is 4.72. The van der Waals surface area contributed by atoms with Crippen molar-refractivity contribution in [2.75, 3.05) is 5.32 Å². The summed E-state index contributed by atoms with van der Waals surface area (Å²) >= 11 is 6.04. The van der Waals surface area contributed by atoms with Crippen LogP contribution in [-0.4, -0.2) is 14.4 Å². The normalized spacial score (nSPS) is 15.8. The lowest BCUT2D eigenvalue weighted by Gasteiger charge is -2.22. The fraction of sp³-hybridized carbons (Fsp3) is 0. The Morgan fingerprint density at radius 1 is 1.10 bits per heavy atom. The van der Waals surface area contributed by atoms with E-state index in [1.54, 1.807) is 29.0 Å². The first-order chi connectivity index (χ1) is 9.90. The number of carbonyl (C=O) groups excluding carboxylic acids is 1. The van der Waals surface area contributed by atoms with Gasteiger partial charge in [0.25, 0.3) is 10.0 Å². The SMILES string of the molecule is O=C1Nc2c(ccc(F)c2-c2ccccc2Cl)S(=O)(=O)N1. The molecule has 21 heavy (non-hydrogen) atoms. The van der Waals surface area contributed by atoms with Gasteiger partial charge in [-0.2, -0.15) is 0 Å². The summed E-state index contributed by atoms with van der Waals surface area (Å²) in [4.78, 5) is 11.3. The molecular weight excluding hydrogens is 319 g/mol. The van der Waals surface area contributed by atoms with Crippen LogP contribution in [0.5, 0.6) is 0 Å². The highest BCUT2D eigenvalue weighted by molar-refractivity contribution is 7.90. The molecule has 2 aromatic rings. The van der Waals surface area contributed by atoms with Gasteiger partial charge in [-0.15, -0.1) is 0 Å². The summed E-state index contributed by atoms with van der Waals surface area (Å²) in [5, 5.41) is 2.57. The van der Waals surface area contributed by atoms with Crippen LogP contribution in [-0.2, 0) is 10.0 Å². The Bertz CT molecular complexity index is 868. The molecule has 1 heterocycles. The van der Waals surface area contributed by atoms with Crippen molar-refractivity contribution in [1.29, 1.82) is 0 Å². The first-order valence-corrected chi connectivity index (χ1v) is 7.67. The quantitative estimate of drug-likeness (QED) is 0.846. The molecule has 0 aromatic heterocycles. The van der Waals surface area contributed by atoms with Gasteiger partial charge in [0.05, 0.1) is 5.69 Å². The summed E-state index contributed by atoms with van der Waals surface area (Å²) in [6.45, 7) is 0. The first-order valence-electron chi connectivity index (χ1n) is 5.81. The molecule has 0 aliphatic carbocycles. The number of halogens is 2. The average molecular weight is 327 g/mol. The van der Waals surface area contributed by atoms with E-state index in [9.17, 15) is 17.6 Å². The number of hydrogen-bond donors (Lipinski definition) is 2. The van der Waals surface area contributed by atoms with Crippen molar-refractivity contribution in [1.82, 2.24) is 4.72 Å². The number of carbonyl (C=O) groups is 1. The van der Waals surface area contributed by atoms with E-state index in [4.69, 9.17) is 11.6 Å². The molecule has 2 N–H and O–H groups in total. The molecule has 5 nitrogen and oxygen atoms in total. The molecule has 0 radical (unpaired) electrons. The topological polar surface area (TPSA) is 75.3 Å². The minimum absolute atomic E-state index is 0.0588. The number of benzene rings is 2. The standard InChI is InChI=1S/C13H8ClFN2O3S/c14-8-4-2-1-3-7(8)11-9(15)5-6-10-12(11)16-13(18)17-21(10,19)20/h1-6H,(H2,16,17,18). The fourth-order valence-electron chi connectivity index (χ4n) is 2.15. The maximum atomic E-state index is 14.2. The molecule has 0 unspecified atom stereocenters. The van der Waals surface area contributed by atoms with Crippen LogP contribution in [0.4, 0.5) is 14.9 Å². The van der Waals surface area contributed by atoms with Crippen LogP contribution in [0.2, 0.25) is 5.02 Å². The second-order valence-corrected chi connectivity index (χ2v) is 6.39. The first kappa shape index (κ1) is 13.8. The Balaban J connectivity index is 2.38. The van der Waals surface area contributed by atoms with Crippen LogP contribution in [0.1, 0.15) is 0 Å². The van der Waals surface area contributed by atoms with Gasteiger partial charge in [0.15, 0.2) is 0 Å². The molecule has 1 aliphatic heterocycles. The lowest BCUT2D eigenvalue weighted by Crippen LogP contribution is -2.39. The highest BCUT2D eigenvalue weighted by Crippen LogP contribution is 2.40. The van der Waals surface area contributed by atoms with Gasteiger partial charge < -0.3 is 5.32 Å². The van der Waals surface area contributed by atoms with Crippen molar-refractivity contribution in [2.45, 2.75) is 4.90 Å². The Hall–Kier alpha value is -2.12. The van der Waals surface area contributed by atoms with Gasteiger partial charge in [0.2, 0.25) is 0 Å². The third-order valence-electron chi connectivity index (χ3n) is 3.01. The van der Waals surface area contributed by atoms with Gasteiger partial charge in [-0.3, -0.25) is 0 Å². The minimum atomic E-state index is -4.02. The summed E-state index contributed by atoms with van der Waals surface area (Å²) in [5.41, 5.74) is 0.120. The number of urea groups is 1. The van der Waals surface area contributed by atoms with E-state index in [0.717, 1.165) is 12.1 Å². The van der Waals surface area contributed by atoms with Crippen LogP contribution >= 0.6 is 11.6 Å². The molecule has 0 atom stereocenters. The van der Waals surface area contributed by atoms with Crippen molar-refractivity contribution in [3.63, 3.8) is 0 Å². The maximum Gasteiger partial charge on any atom is 0.333 e. The summed E-state index contributed by atoms with van der Waals surface area (Å²) in [6.07, 6.45) is 0. The van der Waals surface area contributed by atoms with Crippen LogP contribution in [0.15, 0.2) is 41.3 Å². The molecule has 2 amide bonds. The van der Waals surface area contributed by atoms with Crippen LogP contribution in [0, 0.1) is 5.82 Å². The monoisotopic (exact) mass is 326 g/mol. The molecule has 0 spiro atoms. The predicted molar refractivity (Wildman–Crippen MR) is 76.2 cm³/mol. The van der Waals surface area contributed by atoms with E-state index in [-0.39, 0.29) is 21.2 Å². The predicted octanol–water partition coefficient (Wildman–Crippen LogP) is 2.97. The molecule has 0 saturated carbocycles. The Kier molecular flexibility index (Phi) is 3.11. The Morgan fingerprint density at radius 2 is 1.81 bits per heavy atom. The van der Waals surface area contributed by atoms with Gasteiger partial charge in [0, 0.05) is 16.1 Å². The third kappa shape index (κ3) is 2.24. The van der Waals surface area contributed by atoms with E-state index >= 15 is 0 Å². The van der Waals surface area contributed by atoms with Gasteiger partial charge in [-0.05, 0) is 18.2 Å². The Morgan fingerprint density at radius 3 is 2.52 bits per heavy atom.